The molecule has 1 aromatic rings. The van der Waals surface area contributed by atoms with Crippen LogP contribution >= 0.6 is 0 Å². The number of ether oxygens (including phenoxy) is 3. The second-order valence-corrected chi connectivity index (χ2v) is 14.1. The zero-order chi connectivity index (χ0) is 34.1. The third-order valence-electron chi connectivity index (χ3n) is 9.48. The van der Waals surface area contributed by atoms with Crippen LogP contribution in [-0.4, -0.2) is 121 Å². The van der Waals surface area contributed by atoms with E-state index >= 15 is 0 Å². The van der Waals surface area contributed by atoms with Gasteiger partial charge in [0.25, 0.3) is 5.92 Å². The Kier molecular flexibility index (Phi) is 10.3. The number of halogens is 2. The van der Waals surface area contributed by atoms with Gasteiger partial charge < -0.3 is 29.7 Å². The number of amides is 4. The fourth-order valence-corrected chi connectivity index (χ4v) is 6.81. The molecule has 3 saturated heterocycles. The Morgan fingerprint density at radius 2 is 1.77 bits per heavy atom. The smallest absolute Gasteiger partial charge is 0.410 e. The SMILES string of the molecule is C[C@@H](C(=O)N[C@H](C(=O)N1C[C@H]2CC(F)(F)CN2C[C@H]1C(=O)N[C@@H]1CCOc2ccccc21)C1CCOCC1)N(C)C(=O)OC(C)(C)C. The third kappa shape index (κ3) is 8.14. The number of benzene rings is 1. The number of alkyl halides is 2. The molecule has 5 rings (SSSR count). The van der Waals surface area contributed by atoms with Gasteiger partial charge in [-0.1, -0.05) is 18.2 Å². The minimum absolute atomic E-state index is 0.0606. The maximum atomic E-state index is 14.6. The Morgan fingerprint density at radius 1 is 1.06 bits per heavy atom. The highest BCUT2D eigenvalue weighted by Crippen LogP contribution is 2.37. The molecule has 0 aliphatic carbocycles. The van der Waals surface area contributed by atoms with Crippen LogP contribution in [0.2, 0.25) is 0 Å². The zero-order valence-electron chi connectivity index (χ0n) is 27.8. The van der Waals surface area contributed by atoms with E-state index < -0.39 is 72.5 Å². The van der Waals surface area contributed by atoms with Crippen molar-refractivity contribution < 1.29 is 42.2 Å². The molecule has 4 heterocycles. The van der Waals surface area contributed by atoms with Crippen LogP contribution in [0.15, 0.2) is 24.3 Å². The molecule has 0 unspecified atom stereocenters. The first kappa shape index (κ1) is 34.8. The van der Waals surface area contributed by atoms with E-state index in [0.717, 1.165) is 10.5 Å². The quantitative estimate of drug-likeness (QED) is 0.456. The molecule has 4 amide bonds. The number of piperazine rings is 1. The summed E-state index contributed by atoms with van der Waals surface area (Å²) < 4.78 is 45.9. The van der Waals surface area contributed by atoms with Crippen LogP contribution in [0.3, 0.4) is 0 Å². The van der Waals surface area contributed by atoms with Crippen molar-refractivity contribution in [1.82, 2.24) is 25.3 Å². The lowest BCUT2D eigenvalue weighted by molar-refractivity contribution is -0.150. The molecule has 260 valence electrons. The lowest BCUT2D eigenvalue weighted by Gasteiger charge is -2.45. The molecule has 47 heavy (non-hydrogen) atoms. The topological polar surface area (TPSA) is 130 Å². The van der Waals surface area contributed by atoms with Crippen LogP contribution in [0, 0.1) is 5.92 Å². The standard InChI is InChI=1S/C33H47F2N5O7/c1-20(38(5)31(44)47-32(2,3)4)28(41)37-27(21-10-13-45-14-11-21)30(43)40-17-22-16-33(34,35)19-39(22)18-25(40)29(42)36-24-12-15-46-26-9-7-6-8-23(24)26/h6-9,20-22,24-25,27H,10-19H2,1-5H3,(H,36,42)(H,37,41)/t20-,22+,24+,25-,27-/m0/s1. The van der Waals surface area contributed by atoms with E-state index in [2.05, 4.69) is 10.6 Å². The second-order valence-electron chi connectivity index (χ2n) is 14.1. The van der Waals surface area contributed by atoms with E-state index in [0.29, 0.717) is 44.8 Å². The van der Waals surface area contributed by atoms with Gasteiger partial charge in [0.15, 0.2) is 0 Å². The molecule has 4 aliphatic heterocycles. The van der Waals surface area contributed by atoms with Crippen LogP contribution in [0.1, 0.15) is 65.0 Å². The molecule has 5 atom stereocenters. The monoisotopic (exact) mass is 663 g/mol. The first-order chi connectivity index (χ1) is 22.1. The average molecular weight is 664 g/mol. The summed E-state index contributed by atoms with van der Waals surface area (Å²) in [6.45, 7) is 7.22. The van der Waals surface area contributed by atoms with Crippen molar-refractivity contribution in [2.45, 2.75) is 95.1 Å². The fraction of sp³-hybridized carbons (Fsp3) is 0.697. The number of para-hydroxylation sites is 1. The van der Waals surface area contributed by atoms with Crippen molar-refractivity contribution in [1.29, 1.82) is 0 Å². The van der Waals surface area contributed by atoms with Gasteiger partial charge in [-0.15, -0.1) is 0 Å². The number of hydrogen-bond acceptors (Lipinski definition) is 8. The Labute approximate surface area is 274 Å². The number of likely N-dealkylation sites (N-methyl/N-ethyl adjacent to an activating group) is 1. The van der Waals surface area contributed by atoms with Crippen LogP contribution < -0.4 is 15.4 Å². The van der Waals surface area contributed by atoms with E-state index in [1.54, 1.807) is 25.7 Å². The summed E-state index contributed by atoms with van der Waals surface area (Å²) >= 11 is 0. The Morgan fingerprint density at radius 3 is 2.47 bits per heavy atom. The predicted octanol–water partition coefficient (Wildman–Crippen LogP) is 2.71. The van der Waals surface area contributed by atoms with Gasteiger partial charge in [-0.25, -0.2) is 13.6 Å². The number of rotatable bonds is 7. The molecule has 0 aromatic heterocycles. The number of carbonyl (C=O) groups is 4. The average Bonchev–Trinajstić information content (AvgIpc) is 3.34. The highest BCUT2D eigenvalue weighted by Gasteiger charge is 2.52. The summed E-state index contributed by atoms with van der Waals surface area (Å²) in [6, 6.07) is 3.26. The molecule has 0 saturated carbocycles. The highest BCUT2D eigenvalue weighted by atomic mass is 19.3. The molecule has 1 aromatic carbocycles. The van der Waals surface area contributed by atoms with Gasteiger partial charge in [-0.3, -0.25) is 24.2 Å². The van der Waals surface area contributed by atoms with E-state index in [1.807, 2.05) is 24.3 Å². The molecule has 2 N–H and O–H groups in total. The van der Waals surface area contributed by atoms with Crippen LogP contribution in [-0.2, 0) is 23.9 Å². The summed E-state index contributed by atoms with van der Waals surface area (Å²) in [5.74, 6) is -4.15. The van der Waals surface area contributed by atoms with Gasteiger partial charge in [0.05, 0.1) is 19.2 Å². The van der Waals surface area contributed by atoms with Crippen molar-refractivity contribution in [3.63, 3.8) is 0 Å². The van der Waals surface area contributed by atoms with E-state index in [4.69, 9.17) is 14.2 Å². The van der Waals surface area contributed by atoms with Gasteiger partial charge in [0.2, 0.25) is 17.7 Å². The Balaban J connectivity index is 1.39. The van der Waals surface area contributed by atoms with Crippen molar-refractivity contribution in [2.24, 2.45) is 5.92 Å². The van der Waals surface area contributed by atoms with Gasteiger partial charge in [0, 0.05) is 57.8 Å². The van der Waals surface area contributed by atoms with Crippen molar-refractivity contribution >= 4 is 23.8 Å². The van der Waals surface area contributed by atoms with Gasteiger partial charge in [-0.2, -0.15) is 0 Å². The lowest BCUT2D eigenvalue weighted by atomic mass is 9.89. The van der Waals surface area contributed by atoms with Crippen molar-refractivity contribution in [3.05, 3.63) is 29.8 Å². The molecule has 12 nitrogen and oxygen atoms in total. The molecule has 14 heteroatoms. The minimum Gasteiger partial charge on any atom is -0.493 e. The maximum absolute atomic E-state index is 14.6. The molecular formula is C33H47F2N5O7. The van der Waals surface area contributed by atoms with Crippen LogP contribution in [0.5, 0.6) is 5.75 Å². The third-order valence-corrected chi connectivity index (χ3v) is 9.48. The first-order valence-corrected chi connectivity index (χ1v) is 16.4. The number of hydrogen-bond donors (Lipinski definition) is 2. The second kappa shape index (κ2) is 13.9. The predicted molar refractivity (Wildman–Crippen MR) is 167 cm³/mol. The lowest BCUT2D eigenvalue weighted by Crippen LogP contribution is -2.66. The number of nitrogens with zero attached hydrogens (tertiary/aromatic N) is 3. The fourth-order valence-electron chi connectivity index (χ4n) is 6.81. The normalized spacial score (nSPS) is 25.8. The van der Waals surface area contributed by atoms with Gasteiger partial charge in [0.1, 0.15) is 29.5 Å². The highest BCUT2D eigenvalue weighted by molar-refractivity contribution is 5.94. The summed E-state index contributed by atoms with van der Waals surface area (Å²) in [5.41, 5.74) is 0.0331. The zero-order valence-corrected chi connectivity index (χ0v) is 27.8. The van der Waals surface area contributed by atoms with Crippen molar-refractivity contribution in [3.8, 4) is 5.75 Å². The molecule has 0 radical (unpaired) electrons. The van der Waals surface area contributed by atoms with Crippen LogP contribution in [0.25, 0.3) is 0 Å². The minimum atomic E-state index is -2.94. The van der Waals surface area contributed by atoms with E-state index in [1.165, 1.54) is 18.9 Å². The largest absolute Gasteiger partial charge is 0.493 e. The molecular weight excluding hydrogens is 616 g/mol. The number of carbonyl (C=O) groups excluding carboxylic acids is 4. The number of fused-ring (bicyclic) bond motifs is 2. The summed E-state index contributed by atoms with van der Waals surface area (Å²) in [7, 11) is 1.44. The maximum Gasteiger partial charge on any atom is 0.410 e. The summed E-state index contributed by atoms with van der Waals surface area (Å²) in [6.07, 6.45) is 0.343. The molecule has 0 spiro atoms. The number of nitrogens with one attached hydrogen (secondary N) is 2. The van der Waals surface area contributed by atoms with Crippen molar-refractivity contribution in [2.75, 3.05) is 46.5 Å². The first-order valence-electron chi connectivity index (χ1n) is 16.4. The molecule has 3 fully saturated rings. The summed E-state index contributed by atoms with van der Waals surface area (Å²) in [5, 5.41) is 5.93. The van der Waals surface area contributed by atoms with Gasteiger partial charge >= 0.3 is 6.09 Å². The Hall–Kier alpha value is -3.52. The van der Waals surface area contributed by atoms with Gasteiger partial charge in [-0.05, 0) is 52.5 Å². The molecule has 4 aliphatic rings. The van der Waals surface area contributed by atoms with Crippen LogP contribution in [0.4, 0.5) is 13.6 Å². The van der Waals surface area contributed by atoms with E-state index in [9.17, 15) is 28.0 Å². The Bertz CT molecular complexity index is 1330. The molecule has 0 bridgehead atoms. The summed E-state index contributed by atoms with van der Waals surface area (Å²) in [4.78, 5) is 59.0. The van der Waals surface area contributed by atoms with E-state index in [-0.39, 0.29) is 25.0 Å².